The van der Waals surface area contributed by atoms with Gasteiger partial charge in [0.25, 0.3) is 0 Å². The Morgan fingerprint density at radius 1 is 1.18 bits per heavy atom. The number of ether oxygens (including phenoxy) is 1. The first-order valence-corrected chi connectivity index (χ1v) is 7.38. The topological polar surface area (TPSA) is 26.3 Å². The van der Waals surface area contributed by atoms with Crippen molar-refractivity contribution in [1.29, 1.82) is 0 Å². The lowest BCUT2D eigenvalue weighted by Gasteiger charge is -2.28. The Morgan fingerprint density at radius 2 is 1.86 bits per heavy atom. The van der Waals surface area contributed by atoms with E-state index in [9.17, 15) is 22.4 Å². The number of hydrogen-bond donors (Lipinski definition) is 0. The molecule has 1 fully saturated rings. The Balaban J connectivity index is 1.96. The second-order valence-electron chi connectivity index (χ2n) is 5.70. The van der Waals surface area contributed by atoms with Gasteiger partial charge in [-0.25, -0.2) is 4.39 Å². The molecule has 0 saturated heterocycles. The van der Waals surface area contributed by atoms with Crippen molar-refractivity contribution in [3.63, 3.8) is 0 Å². The summed E-state index contributed by atoms with van der Waals surface area (Å²) in [6, 6.07) is 3.68. The molecule has 0 spiro atoms. The van der Waals surface area contributed by atoms with Crippen LogP contribution in [0.2, 0.25) is 0 Å². The smallest absolute Gasteiger partial charge is 0.403 e. The fraction of sp³-hybridized carbons (Fsp3) is 0.562. The predicted octanol–water partition coefficient (Wildman–Crippen LogP) is 4.98. The molecule has 0 heterocycles. The number of aldehydes is 1. The molecule has 1 aromatic rings. The Kier molecular flexibility index (Phi) is 5.42. The average Bonchev–Trinajstić information content (AvgIpc) is 2.46. The van der Waals surface area contributed by atoms with Crippen LogP contribution >= 0.6 is 0 Å². The molecule has 0 unspecified atom stereocenters. The van der Waals surface area contributed by atoms with Crippen LogP contribution in [0, 0.1) is 11.7 Å². The second-order valence-corrected chi connectivity index (χ2v) is 5.70. The van der Waals surface area contributed by atoms with E-state index in [-0.39, 0.29) is 5.92 Å². The number of alkyl halides is 3. The van der Waals surface area contributed by atoms with E-state index >= 15 is 0 Å². The average molecular weight is 318 g/mol. The standard InChI is InChI=1S/C16H18F4O2/c17-14-10-13(7-8-15(14)22-16(18,19)20)12-5-3-11(4-6-12)2-1-9-21/h7-12H,1-6H2. The lowest BCUT2D eigenvalue weighted by molar-refractivity contribution is -0.275. The number of benzene rings is 1. The van der Waals surface area contributed by atoms with Crippen molar-refractivity contribution < 1.29 is 27.1 Å². The molecule has 1 aliphatic carbocycles. The maximum Gasteiger partial charge on any atom is 0.573 e. The van der Waals surface area contributed by atoms with Crippen LogP contribution in [-0.2, 0) is 4.79 Å². The lowest BCUT2D eigenvalue weighted by atomic mass is 9.77. The second kappa shape index (κ2) is 7.11. The molecule has 2 rings (SSSR count). The van der Waals surface area contributed by atoms with Gasteiger partial charge < -0.3 is 9.53 Å². The highest BCUT2D eigenvalue weighted by molar-refractivity contribution is 5.49. The van der Waals surface area contributed by atoms with Gasteiger partial charge in [0.05, 0.1) is 0 Å². The van der Waals surface area contributed by atoms with Gasteiger partial charge in [-0.15, -0.1) is 13.2 Å². The molecule has 22 heavy (non-hydrogen) atoms. The summed E-state index contributed by atoms with van der Waals surface area (Å²) in [7, 11) is 0. The molecule has 2 nitrogen and oxygen atoms in total. The molecule has 1 aliphatic rings. The molecule has 0 aromatic heterocycles. The third kappa shape index (κ3) is 4.71. The minimum atomic E-state index is -4.89. The Labute approximate surface area is 126 Å². The maximum absolute atomic E-state index is 13.7. The summed E-state index contributed by atoms with van der Waals surface area (Å²) < 4.78 is 53.7. The number of rotatable bonds is 5. The number of hydrogen-bond acceptors (Lipinski definition) is 2. The highest BCUT2D eigenvalue weighted by Crippen LogP contribution is 2.38. The van der Waals surface area contributed by atoms with Gasteiger partial charge in [-0.05, 0) is 61.6 Å². The number of carbonyl (C=O) groups is 1. The van der Waals surface area contributed by atoms with Crippen molar-refractivity contribution in [2.24, 2.45) is 5.92 Å². The first kappa shape index (κ1) is 16.8. The fourth-order valence-corrected chi connectivity index (χ4v) is 3.07. The molecule has 6 heteroatoms. The highest BCUT2D eigenvalue weighted by Gasteiger charge is 2.32. The highest BCUT2D eigenvalue weighted by atomic mass is 19.4. The summed E-state index contributed by atoms with van der Waals surface area (Å²) in [6.45, 7) is 0. The summed E-state index contributed by atoms with van der Waals surface area (Å²) in [5.74, 6) is -1.12. The van der Waals surface area contributed by atoms with E-state index < -0.39 is 17.9 Å². The summed E-state index contributed by atoms with van der Waals surface area (Å²) >= 11 is 0. The van der Waals surface area contributed by atoms with Crippen molar-refractivity contribution in [2.45, 2.75) is 50.8 Å². The minimum Gasteiger partial charge on any atom is -0.403 e. The number of carbonyl (C=O) groups excluding carboxylic acids is 1. The van der Waals surface area contributed by atoms with Crippen LogP contribution < -0.4 is 4.74 Å². The van der Waals surface area contributed by atoms with E-state index in [1.54, 1.807) is 0 Å². The normalized spacial score (nSPS) is 22.4. The van der Waals surface area contributed by atoms with Crippen LogP contribution in [0.4, 0.5) is 17.6 Å². The van der Waals surface area contributed by atoms with Crippen molar-refractivity contribution in [3.8, 4) is 5.75 Å². The van der Waals surface area contributed by atoms with Crippen LogP contribution in [0.5, 0.6) is 5.75 Å². The third-order valence-electron chi connectivity index (χ3n) is 4.19. The molecule has 0 N–H and O–H groups in total. The lowest BCUT2D eigenvalue weighted by Crippen LogP contribution is -2.18. The van der Waals surface area contributed by atoms with Gasteiger partial charge in [0.2, 0.25) is 0 Å². The Bertz CT molecular complexity index is 505. The summed E-state index contributed by atoms with van der Waals surface area (Å²) in [5, 5.41) is 0. The minimum absolute atomic E-state index is 0.155. The molecular weight excluding hydrogens is 300 g/mol. The van der Waals surface area contributed by atoms with Gasteiger partial charge in [-0.2, -0.15) is 0 Å². The zero-order valence-corrected chi connectivity index (χ0v) is 12.0. The van der Waals surface area contributed by atoms with Crippen LogP contribution in [0.15, 0.2) is 18.2 Å². The summed E-state index contributed by atoms with van der Waals surface area (Å²) in [6.07, 6.45) is 1.11. The Hall–Kier alpha value is -1.59. The van der Waals surface area contributed by atoms with Crippen LogP contribution in [-0.4, -0.2) is 12.6 Å². The van der Waals surface area contributed by atoms with E-state index in [0.29, 0.717) is 17.9 Å². The summed E-state index contributed by atoms with van der Waals surface area (Å²) in [5.41, 5.74) is 0.709. The van der Waals surface area contributed by atoms with E-state index in [4.69, 9.17) is 0 Å². The Morgan fingerprint density at radius 3 is 2.41 bits per heavy atom. The van der Waals surface area contributed by atoms with Gasteiger partial charge in [-0.1, -0.05) is 6.07 Å². The van der Waals surface area contributed by atoms with E-state index in [2.05, 4.69) is 4.74 Å². The van der Waals surface area contributed by atoms with Crippen molar-refractivity contribution >= 4 is 6.29 Å². The van der Waals surface area contributed by atoms with Gasteiger partial charge in [0, 0.05) is 6.42 Å². The van der Waals surface area contributed by atoms with Crippen molar-refractivity contribution in [3.05, 3.63) is 29.6 Å². The van der Waals surface area contributed by atoms with Crippen LogP contribution in [0.1, 0.15) is 50.0 Å². The van der Waals surface area contributed by atoms with Crippen LogP contribution in [0.25, 0.3) is 0 Å². The van der Waals surface area contributed by atoms with Crippen LogP contribution in [0.3, 0.4) is 0 Å². The van der Waals surface area contributed by atoms with Gasteiger partial charge in [0.15, 0.2) is 11.6 Å². The molecule has 0 atom stereocenters. The molecule has 0 bridgehead atoms. The van der Waals surface area contributed by atoms with Crippen molar-refractivity contribution in [2.75, 3.05) is 0 Å². The van der Waals surface area contributed by atoms with E-state index in [1.807, 2.05) is 0 Å². The maximum atomic E-state index is 13.7. The monoisotopic (exact) mass is 318 g/mol. The van der Waals surface area contributed by atoms with Gasteiger partial charge in [0.1, 0.15) is 6.29 Å². The molecule has 0 aliphatic heterocycles. The first-order valence-electron chi connectivity index (χ1n) is 7.38. The number of halogens is 4. The predicted molar refractivity (Wildman–Crippen MR) is 73.1 cm³/mol. The zero-order valence-electron chi connectivity index (χ0n) is 12.0. The SMILES string of the molecule is O=CCCC1CCC(c2ccc(OC(F)(F)F)c(F)c2)CC1. The van der Waals surface area contributed by atoms with E-state index in [0.717, 1.165) is 50.5 Å². The van der Waals surface area contributed by atoms with E-state index in [1.165, 1.54) is 6.07 Å². The molecular formula is C16H18F4O2. The quantitative estimate of drug-likeness (QED) is 0.565. The zero-order chi connectivity index (χ0) is 16.2. The van der Waals surface area contributed by atoms with Crippen molar-refractivity contribution in [1.82, 2.24) is 0 Å². The van der Waals surface area contributed by atoms with Gasteiger partial charge >= 0.3 is 6.36 Å². The van der Waals surface area contributed by atoms with Gasteiger partial charge in [-0.3, -0.25) is 0 Å². The summed E-state index contributed by atoms with van der Waals surface area (Å²) in [4.78, 5) is 10.4. The molecule has 122 valence electrons. The molecule has 1 saturated carbocycles. The third-order valence-corrected chi connectivity index (χ3v) is 4.19. The largest absolute Gasteiger partial charge is 0.573 e. The molecule has 0 amide bonds. The fourth-order valence-electron chi connectivity index (χ4n) is 3.07. The first-order chi connectivity index (χ1) is 10.4. The molecule has 1 aromatic carbocycles. The molecule has 0 radical (unpaired) electrons.